The van der Waals surface area contributed by atoms with Crippen LogP contribution in [0.3, 0.4) is 0 Å². The third-order valence-corrected chi connectivity index (χ3v) is 7.31. The highest BCUT2D eigenvalue weighted by atomic mass is 32.1. The molecule has 4 rings (SSSR count). The second-order valence-corrected chi connectivity index (χ2v) is 10.2. The fraction of sp³-hybridized carbons (Fsp3) is 0.320. The molecule has 0 unspecified atom stereocenters. The lowest BCUT2D eigenvalue weighted by Gasteiger charge is -2.26. The van der Waals surface area contributed by atoms with Gasteiger partial charge in [-0.2, -0.15) is 0 Å². The molecule has 2 aromatic heterocycles. The summed E-state index contributed by atoms with van der Waals surface area (Å²) in [5.74, 6) is 0.432. The number of carbonyl (C=O) groups is 3. The highest BCUT2D eigenvalue weighted by Gasteiger charge is 2.26. The lowest BCUT2D eigenvalue weighted by Crippen LogP contribution is -2.50. The number of methoxy groups -OCH3 is 1. The van der Waals surface area contributed by atoms with E-state index in [1.165, 1.54) is 7.11 Å². The molecule has 3 heterocycles. The van der Waals surface area contributed by atoms with Crippen LogP contribution in [0.1, 0.15) is 34.7 Å². The lowest BCUT2D eigenvalue weighted by atomic mass is 10.0. The Hall–Kier alpha value is -3.57. The van der Waals surface area contributed by atoms with Crippen molar-refractivity contribution in [1.82, 2.24) is 15.5 Å². The fourth-order valence-electron chi connectivity index (χ4n) is 3.76. The molecule has 1 aliphatic heterocycles. The van der Waals surface area contributed by atoms with Gasteiger partial charge in [0.05, 0.1) is 32.7 Å². The Morgan fingerprint density at radius 1 is 1.00 bits per heavy atom. The smallest absolute Gasteiger partial charge is 0.315 e. The van der Waals surface area contributed by atoms with Gasteiger partial charge >= 0.3 is 12.0 Å². The van der Waals surface area contributed by atoms with Crippen molar-refractivity contribution in [2.24, 2.45) is 0 Å². The topological polar surface area (TPSA) is 106 Å². The zero-order valence-electron chi connectivity index (χ0n) is 19.9. The zero-order valence-corrected chi connectivity index (χ0v) is 21.5. The van der Waals surface area contributed by atoms with Gasteiger partial charge in [-0.1, -0.05) is 18.2 Å². The Labute approximate surface area is 217 Å². The number of esters is 1. The van der Waals surface area contributed by atoms with Crippen molar-refractivity contribution in [1.29, 1.82) is 0 Å². The molecule has 0 spiro atoms. The van der Waals surface area contributed by atoms with E-state index >= 15 is 0 Å². The maximum atomic E-state index is 13.3. The minimum Gasteiger partial charge on any atom is -0.469 e. The lowest BCUT2D eigenvalue weighted by molar-refractivity contribution is -0.141. The predicted molar refractivity (Wildman–Crippen MR) is 136 cm³/mol. The normalized spacial score (nSPS) is 13.5. The third kappa shape index (κ3) is 6.55. The van der Waals surface area contributed by atoms with Gasteiger partial charge in [0.25, 0.3) is 0 Å². The molecule has 11 heteroatoms. The van der Waals surface area contributed by atoms with E-state index in [1.807, 2.05) is 35.0 Å². The average molecular weight is 530 g/mol. The third-order valence-electron chi connectivity index (χ3n) is 5.59. The summed E-state index contributed by atoms with van der Waals surface area (Å²) < 4.78 is 15.6. The van der Waals surface area contributed by atoms with E-state index in [9.17, 15) is 14.4 Å². The summed E-state index contributed by atoms with van der Waals surface area (Å²) in [5.41, 5.74) is 0.649. The molecular weight excluding hydrogens is 502 g/mol. The molecule has 9 nitrogen and oxygen atoms in total. The van der Waals surface area contributed by atoms with Crippen LogP contribution in [0, 0.1) is 0 Å². The van der Waals surface area contributed by atoms with E-state index < -0.39 is 24.1 Å². The Kier molecular flexibility index (Phi) is 8.44. The van der Waals surface area contributed by atoms with Crippen LogP contribution in [-0.2, 0) is 27.4 Å². The Morgan fingerprint density at radius 2 is 1.67 bits per heavy atom. The average Bonchev–Trinajstić information content (AvgIpc) is 3.65. The number of hydrogen-bond acceptors (Lipinski definition) is 8. The van der Waals surface area contributed by atoms with Gasteiger partial charge in [0, 0.05) is 9.75 Å². The van der Waals surface area contributed by atoms with Crippen molar-refractivity contribution >= 4 is 40.6 Å². The number of rotatable bonds is 10. The first-order valence-corrected chi connectivity index (χ1v) is 13.1. The first kappa shape index (κ1) is 25.5. The van der Waals surface area contributed by atoms with Gasteiger partial charge in [0.2, 0.25) is 12.7 Å². The molecule has 0 aliphatic carbocycles. The number of fused-ring (bicyclic) bond motifs is 1. The van der Waals surface area contributed by atoms with E-state index in [1.54, 1.807) is 52.7 Å². The van der Waals surface area contributed by atoms with Crippen LogP contribution in [-0.4, -0.2) is 42.8 Å². The summed E-state index contributed by atoms with van der Waals surface area (Å²) in [6.07, 6.45) is -0.0885. The van der Waals surface area contributed by atoms with Crippen LogP contribution in [0.25, 0.3) is 0 Å². The van der Waals surface area contributed by atoms with Crippen LogP contribution in [0.4, 0.5) is 4.79 Å². The summed E-state index contributed by atoms with van der Waals surface area (Å²) in [4.78, 5) is 42.1. The summed E-state index contributed by atoms with van der Waals surface area (Å²) >= 11 is 3.15. The minimum absolute atomic E-state index is 0.0885. The van der Waals surface area contributed by atoms with Crippen molar-refractivity contribution in [3.8, 4) is 11.5 Å². The Morgan fingerprint density at radius 3 is 2.28 bits per heavy atom. The van der Waals surface area contributed by atoms with Crippen LogP contribution in [0.15, 0.2) is 53.2 Å². The van der Waals surface area contributed by atoms with Gasteiger partial charge in [-0.25, -0.2) is 4.79 Å². The molecule has 36 heavy (non-hydrogen) atoms. The zero-order chi connectivity index (χ0) is 25.5. The predicted octanol–water partition coefficient (Wildman–Crippen LogP) is 4.06. The van der Waals surface area contributed by atoms with Crippen LogP contribution < -0.4 is 20.1 Å². The quantitative estimate of drug-likeness (QED) is 0.384. The van der Waals surface area contributed by atoms with Crippen molar-refractivity contribution in [2.75, 3.05) is 13.9 Å². The molecule has 3 amide bonds. The standard InChI is InChI=1S/C25H27N3O6S2/c1-16(24(30)28(13-18-5-3-9-35-18)14-19-6-4-10-36-19)26-25(31)27-20(12-23(29)32-2)17-7-8-21-22(11-17)34-15-33-21/h3-11,16,20H,12-15H2,1-2H3,(H2,26,27,31)/t16-,20-/m0/s1. The molecule has 0 fully saturated rings. The first-order valence-electron chi connectivity index (χ1n) is 11.3. The van der Waals surface area contributed by atoms with E-state index in [2.05, 4.69) is 10.6 Å². The number of ether oxygens (including phenoxy) is 3. The van der Waals surface area contributed by atoms with Gasteiger partial charge in [-0.15, -0.1) is 22.7 Å². The summed E-state index contributed by atoms with van der Waals surface area (Å²) in [6, 6.07) is 11.0. The van der Waals surface area contributed by atoms with E-state index in [-0.39, 0.29) is 19.1 Å². The molecule has 1 aliphatic rings. The maximum Gasteiger partial charge on any atom is 0.315 e. The number of nitrogens with one attached hydrogen (secondary N) is 2. The number of urea groups is 1. The number of nitrogens with zero attached hydrogens (tertiary/aromatic N) is 1. The SMILES string of the molecule is COC(=O)C[C@H](NC(=O)N[C@@H](C)C(=O)N(Cc1cccs1)Cc1cccs1)c1ccc2c(c1)OCO2. The number of hydrogen-bond donors (Lipinski definition) is 2. The number of benzene rings is 1. The highest BCUT2D eigenvalue weighted by Crippen LogP contribution is 2.35. The van der Waals surface area contributed by atoms with Crippen molar-refractivity contribution in [3.05, 3.63) is 68.5 Å². The minimum atomic E-state index is -0.791. The first-order chi connectivity index (χ1) is 17.4. The molecule has 0 bridgehead atoms. The number of carbonyl (C=O) groups excluding carboxylic acids is 3. The van der Waals surface area contributed by atoms with Crippen LogP contribution >= 0.6 is 22.7 Å². The van der Waals surface area contributed by atoms with Crippen molar-refractivity contribution in [3.63, 3.8) is 0 Å². The monoisotopic (exact) mass is 529 g/mol. The Bertz CT molecular complexity index is 1150. The van der Waals surface area contributed by atoms with Crippen molar-refractivity contribution in [2.45, 2.75) is 38.5 Å². The number of thiophene rings is 2. The van der Waals surface area contributed by atoms with Gasteiger partial charge < -0.3 is 29.7 Å². The molecule has 0 saturated heterocycles. The maximum absolute atomic E-state index is 13.3. The summed E-state index contributed by atoms with van der Waals surface area (Å²) in [5, 5.41) is 9.45. The molecule has 2 atom stereocenters. The molecule has 0 radical (unpaired) electrons. The molecule has 3 aromatic rings. The molecule has 190 valence electrons. The molecule has 1 aromatic carbocycles. The van der Waals surface area contributed by atoms with Crippen LogP contribution in [0.2, 0.25) is 0 Å². The molecular formula is C25H27N3O6S2. The van der Waals surface area contributed by atoms with E-state index in [0.29, 0.717) is 30.2 Å². The summed E-state index contributed by atoms with van der Waals surface area (Å²) in [6.45, 7) is 2.66. The van der Waals surface area contributed by atoms with Gasteiger partial charge in [0.15, 0.2) is 11.5 Å². The second-order valence-electron chi connectivity index (χ2n) is 8.14. The molecule has 0 saturated carbocycles. The number of amides is 3. The second kappa shape index (κ2) is 11.9. The Balaban J connectivity index is 1.43. The van der Waals surface area contributed by atoms with Crippen LogP contribution in [0.5, 0.6) is 11.5 Å². The fourth-order valence-corrected chi connectivity index (χ4v) is 5.20. The van der Waals surface area contributed by atoms with Gasteiger partial charge in [0.1, 0.15) is 6.04 Å². The van der Waals surface area contributed by atoms with Gasteiger partial charge in [-0.05, 0) is 47.5 Å². The summed E-state index contributed by atoms with van der Waals surface area (Å²) in [7, 11) is 1.29. The molecule has 2 N–H and O–H groups in total. The van der Waals surface area contributed by atoms with E-state index in [4.69, 9.17) is 14.2 Å². The largest absolute Gasteiger partial charge is 0.469 e. The van der Waals surface area contributed by atoms with Crippen molar-refractivity contribution < 1.29 is 28.6 Å². The highest BCUT2D eigenvalue weighted by molar-refractivity contribution is 7.10. The van der Waals surface area contributed by atoms with Gasteiger partial charge in [-0.3, -0.25) is 9.59 Å². The van der Waals surface area contributed by atoms with E-state index in [0.717, 1.165) is 9.75 Å².